The van der Waals surface area contributed by atoms with Gasteiger partial charge in [-0.2, -0.15) is 0 Å². The number of carbonyl (C=O) groups is 1. The van der Waals surface area contributed by atoms with Crippen LogP contribution in [0.5, 0.6) is 0 Å². The van der Waals surface area contributed by atoms with Crippen molar-refractivity contribution < 1.29 is 9.53 Å². The Hall–Kier alpha value is -1.55. The van der Waals surface area contributed by atoms with Crippen molar-refractivity contribution >= 4 is 11.6 Å². The number of anilines is 1. The topological polar surface area (TPSA) is 41.6 Å². The molecule has 4 nitrogen and oxygen atoms in total. The Morgan fingerprint density at radius 2 is 2.25 bits per heavy atom. The van der Waals surface area contributed by atoms with Crippen LogP contribution in [0.25, 0.3) is 0 Å². The van der Waals surface area contributed by atoms with Crippen molar-refractivity contribution in [2.75, 3.05) is 31.6 Å². The van der Waals surface area contributed by atoms with E-state index in [2.05, 4.69) is 19.2 Å². The predicted molar refractivity (Wildman–Crippen MR) is 81.3 cm³/mol. The molecule has 1 amide bonds. The molecule has 0 aliphatic carbocycles. The number of nitrogens with zero attached hydrogens (tertiary/aromatic N) is 1. The van der Waals surface area contributed by atoms with Gasteiger partial charge in [0, 0.05) is 24.3 Å². The van der Waals surface area contributed by atoms with E-state index in [0.29, 0.717) is 19.8 Å². The van der Waals surface area contributed by atoms with Gasteiger partial charge >= 0.3 is 0 Å². The summed E-state index contributed by atoms with van der Waals surface area (Å²) in [5.74, 6) is 0.117. The number of carbonyl (C=O) groups excluding carboxylic acids is 1. The van der Waals surface area contributed by atoms with Crippen molar-refractivity contribution in [3.05, 3.63) is 29.3 Å². The second-order valence-electron chi connectivity index (χ2n) is 5.20. The molecule has 1 atom stereocenters. The molecule has 1 fully saturated rings. The third kappa shape index (κ3) is 3.12. The zero-order valence-corrected chi connectivity index (χ0v) is 12.6. The third-order valence-corrected chi connectivity index (χ3v) is 3.80. The molecule has 4 heteroatoms. The molecule has 1 heterocycles. The molecule has 2 rings (SSSR count). The molecule has 1 N–H and O–H groups in total. The quantitative estimate of drug-likeness (QED) is 0.919. The van der Waals surface area contributed by atoms with Gasteiger partial charge in [-0.25, -0.2) is 0 Å². The maximum Gasteiger partial charge on any atom is 0.254 e. The first-order chi connectivity index (χ1) is 9.67. The number of ether oxygens (including phenoxy) is 1. The van der Waals surface area contributed by atoms with Crippen LogP contribution in [0.4, 0.5) is 5.69 Å². The third-order valence-electron chi connectivity index (χ3n) is 3.80. The summed E-state index contributed by atoms with van der Waals surface area (Å²) in [5.41, 5.74) is 2.97. The average Bonchev–Trinajstić information content (AvgIpc) is 2.48. The molecule has 110 valence electrons. The van der Waals surface area contributed by atoms with E-state index < -0.39 is 0 Å². The van der Waals surface area contributed by atoms with E-state index in [1.807, 2.05) is 30.0 Å². The van der Waals surface area contributed by atoms with E-state index in [-0.39, 0.29) is 11.9 Å². The van der Waals surface area contributed by atoms with E-state index in [1.165, 1.54) is 0 Å². The molecule has 20 heavy (non-hydrogen) atoms. The van der Waals surface area contributed by atoms with Gasteiger partial charge in [0.15, 0.2) is 0 Å². The van der Waals surface area contributed by atoms with Crippen LogP contribution in [0.2, 0.25) is 0 Å². The largest absolute Gasteiger partial charge is 0.385 e. The lowest BCUT2D eigenvalue weighted by atomic mass is 10.1. The molecule has 1 aliphatic rings. The minimum Gasteiger partial charge on any atom is -0.385 e. The van der Waals surface area contributed by atoms with Gasteiger partial charge in [0.1, 0.15) is 0 Å². The first kappa shape index (κ1) is 14.9. The number of morpholine rings is 1. The van der Waals surface area contributed by atoms with Crippen molar-refractivity contribution in [1.29, 1.82) is 0 Å². The number of hydrogen-bond acceptors (Lipinski definition) is 3. The summed E-state index contributed by atoms with van der Waals surface area (Å²) in [5, 5.41) is 3.30. The number of amides is 1. The maximum absolute atomic E-state index is 12.6. The van der Waals surface area contributed by atoms with Crippen molar-refractivity contribution in [3.8, 4) is 0 Å². The molecule has 1 aromatic carbocycles. The molecule has 1 aliphatic heterocycles. The van der Waals surface area contributed by atoms with E-state index in [4.69, 9.17) is 4.74 Å². The van der Waals surface area contributed by atoms with Crippen LogP contribution in [-0.2, 0) is 4.74 Å². The van der Waals surface area contributed by atoms with Gasteiger partial charge in [-0.05, 0) is 44.0 Å². The van der Waals surface area contributed by atoms with Crippen LogP contribution in [0.3, 0.4) is 0 Å². The number of nitrogens with one attached hydrogen (secondary N) is 1. The fraction of sp³-hybridized carbons (Fsp3) is 0.562. The lowest BCUT2D eigenvalue weighted by Gasteiger charge is -2.35. The number of rotatable bonds is 4. The molecule has 0 spiro atoms. The molecular weight excluding hydrogens is 252 g/mol. The van der Waals surface area contributed by atoms with Crippen LogP contribution in [-0.4, -0.2) is 43.2 Å². The highest BCUT2D eigenvalue weighted by Crippen LogP contribution is 2.20. The monoisotopic (exact) mass is 276 g/mol. The second kappa shape index (κ2) is 6.75. The highest BCUT2D eigenvalue weighted by molar-refractivity contribution is 5.95. The minimum atomic E-state index is 0.117. The van der Waals surface area contributed by atoms with E-state index in [0.717, 1.165) is 29.8 Å². The summed E-state index contributed by atoms with van der Waals surface area (Å²) in [7, 11) is 0. The van der Waals surface area contributed by atoms with Crippen LogP contribution in [0.15, 0.2) is 18.2 Å². The van der Waals surface area contributed by atoms with Crippen molar-refractivity contribution in [3.63, 3.8) is 0 Å². The molecular formula is C16H24N2O2. The van der Waals surface area contributed by atoms with Crippen molar-refractivity contribution in [2.45, 2.75) is 33.2 Å². The Balaban J connectivity index is 2.17. The van der Waals surface area contributed by atoms with Crippen LogP contribution < -0.4 is 5.32 Å². The van der Waals surface area contributed by atoms with E-state index >= 15 is 0 Å². The molecule has 1 aromatic rings. The number of benzene rings is 1. The number of hydrogen-bond donors (Lipinski definition) is 1. The molecule has 1 saturated heterocycles. The Morgan fingerprint density at radius 1 is 1.45 bits per heavy atom. The Kier molecular flexibility index (Phi) is 5.01. The highest BCUT2D eigenvalue weighted by atomic mass is 16.5. The predicted octanol–water partition coefficient (Wildman–Crippen LogP) is 2.68. The fourth-order valence-electron chi connectivity index (χ4n) is 2.61. The normalized spacial score (nSPS) is 18.9. The minimum absolute atomic E-state index is 0.117. The summed E-state index contributed by atoms with van der Waals surface area (Å²) in [6.45, 7) is 9.05. The summed E-state index contributed by atoms with van der Waals surface area (Å²) in [6, 6.07) is 6.08. The Bertz CT molecular complexity index is 474. The Morgan fingerprint density at radius 3 is 2.90 bits per heavy atom. The number of aryl methyl sites for hydroxylation is 1. The first-order valence-corrected chi connectivity index (χ1v) is 7.40. The average molecular weight is 276 g/mol. The Labute approximate surface area is 121 Å². The van der Waals surface area contributed by atoms with Crippen LogP contribution in [0, 0.1) is 6.92 Å². The van der Waals surface area contributed by atoms with Gasteiger partial charge in [0.2, 0.25) is 0 Å². The summed E-state index contributed by atoms with van der Waals surface area (Å²) < 4.78 is 5.46. The molecule has 1 unspecified atom stereocenters. The standard InChI is InChI=1S/C16H24N2O2/c1-4-14-11-20-9-8-18(14)16(19)13-6-7-15(17-5-2)12(3)10-13/h6-7,10,14,17H,4-5,8-9,11H2,1-3H3. The summed E-state index contributed by atoms with van der Waals surface area (Å²) in [6.07, 6.45) is 0.931. The van der Waals surface area contributed by atoms with Crippen LogP contribution >= 0.6 is 0 Å². The van der Waals surface area contributed by atoms with E-state index in [9.17, 15) is 4.79 Å². The molecule has 0 aromatic heterocycles. The summed E-state index contributed by atoms with van der Waals surface area (Å²) >= 11 is 0. The van der Waals surface area contributed by atoms with Gasteiger partial charge in [-0.1, -0.05) is 6.92 Å². The molecule has 0 bridgehead atoms. The van der Waals surface area contributed by atoms with Crippen molar-refractivity contribution in [1.82, 2.24) is 4.90 Å². The lowest BCUT2D eigenvalue weighted by Crippen LogP contribution is -2.48. The van der Waals surface area contributed by atoms with Crippen LogP contribution in [0.1, 0.15) is 36.2 Å². The first-order valence-electron chi connectivity index (χ1n) is 7.40. The maximum atomic E-state index is 12.6. The second-order valence-corrected chi connectivity index (χ2v) is 5.20. The van der Waals surface area contributed by atoms with Crippen molar-refractivity contribution in [2.24, 2.45) is 0 Å². The smallest absolute Gasteiger partial charge is 0.254 e. The SMILES string of the molecule is CCNc1ccc(C(=O)N2CCOCC2CC)cc1C. The van der Waals surface area contributed by atoms with Gasteiger partial charge in [0.25, 0.3) is 5.91 Å². The highest BCUT2D eigenvalue weighted by Gasteiger charge is 2.26. The molecule has 0 saturated carbocycles. The zero-order valence-electron chi connectivity index (χ0n) is 12.6. The van der Waals surface area contributed by atoms with Gasteiger partial charge in [-0.15, -0.1) is 0 Å². The fourth-order valence-corrected chi connectivity index (χ4v) is 2.61. The summed E-state index contributed by atoms with van der Waals surface area (Å²) in [4.78, 5) is 14.6. The van der Waals surface area contributed by atoms with Gasteiger partial charge in [0.05, 0.1) is 19.3 Å². The lowest BCUT2D eigenvalue weighted by molar-refractivity contribution is -0.00280. The molecule has 0 radical (unpaired) electrons. The van der Waals surface area contributed by atoms with E-state index in [1.54, 1.807) is 0 Å². The van der Waals surface area contributed by atoms with Gasteiger partial charge < -0.3 is 15.0 Å². The zero-order chi connectivity index (χ0) is 14.5. The van der Waals surface area contributed by atoms with Gasteiger partial charge in [-0.3, -0.25) is 4.79 Å².